The van der Waals surface area contributed by atoms with Gasteiger partial charge in [0.25, 0.3) is 5.91 Å². The van der Waals surface area contributed by atoms with Gasteiger partial charge in [0.2, 0.25) is 17.0 Å². The summed E-state index contributed by atoms with van der Waals surface area (Å²) in [6.07, 6.45) is 1.49. The Morgan fingerprint density at radius 1 is 1.03 bits per heavy atom. The maximum absolute atomic E-state index is 12.6. The number of piperazine rings is 1. The summed E-state index contributed by atoms with van der Waals surface area (Å²) < 4.78 is 5.25. The van der Waals surface area contributed by atoms with Crippen molar-refractivity contribution in [3.05, 3.63) is 69.9 Å². The van der Waals surface area contributed by atoms with Crippen molar-refractivity contribution in [1.29, 1.82) is 0 Å². The average Bonchev–Trinajstić information content (AvgIpc) is 3.34. The summed E-state index contributed by atoms with van der Waals surface area (Å²) in [6, 6.07) is 10.3. The first-order chi connectivity index (χ1) is 16.8. The SMILES string of the molecule is Cc1cc(C)nc(N/C(=N/C(=S)Nc2ccc(Cl)cc2Cl)N2CCN(C(=O)c3ccco3)CC2)n1. The van der Waals surface area contributed by atoms with Gasteiger partial charge in [-0.05, 0) is 62.5 Å². The first-order valence-corrected chi connectivity index (χ1v) is 12.0. The van der Waals surface area contributed by atoms with E-state index in [1.165, 1.54) is 6.26 Å². The van der Waals surface area contributed by atoms with E-state index in [2.05, 4.69) is 25.6 Å². The molecule has 2 aromatic heterocycles. The predicted molar refractivity (Wildman–Crippen MR) is 141 cm³/mol. The van der Waals surface area contributed by atoms with E-state index in [4.69, 9.17) is 39.8 Å². The lowest BCUT2D eigenvalue weighted by Gasteiger charge is -2.36. The number of aliphatic imine (C=N–C) groups is 1. The fourth-order valence-electron chi connectivity index (χ4n) is 3.57. The zero-order valence-electron chi connectivity index (χ0n) is 19.1. The number of thiocarbonyl (C=S) groups is 1. The van der Waals surface area contributed by atoms with Crippen LogP contribution in [0.25, 0.3) is 0 Å². The van der Waals surface area contributed by atoms with Gasteiger partial charge in [0.05, 0.1) is 17.0 Å². The number of furan rings is 1. The van der Waals surface area contributed by atoms with Gasteiger partial charge in [-0.3, -0.25) is 10.1 Å². The van der Waals surface area contributed by atoms with Gasteiger partial charge in [0.1, 0.15) is 0 Å². The van der Waals surface area contributed by atoms with Crippen molar-refractivity contribution in [1.82, 2.24) is 19.8 Å². The summed E-state index contributed by atoms with van der Waals surface area (Å²) in [7, 11) is 0. The zero-order valence-corrected chi connectivity index (χ0v) is 21.4. The number of anilines is 2. The molecular formula is C23H23Cl2N7O2S. The molecule has 0 saturated carbocycles. The van der Waals surface area contributed by atoms with Crippen LogP contribution in [-0.4, -0.2) is 62.9 Å². The number of aromatic nitrogens is 2. The molecule has 1 fully saturated rings. The molecule has 0 atom stereocenters. The van der Waals surface area contributed by atoms with Crippen LogP contribution in [0, 0.1) is 13.8 Å². The van der Waals surface area contributed by atoms with E-state index in [-0.39, 0.29) is 11.0 Å². The van der Waals surface area contributed by atoms with E-state index in [0.29, 0.717) is 59.6 Å². The summed E-state index contributed by atoms with van der Waals surface area (Å²) in [4.78, 5) is 29.9. The third kappa shape index (κ3) is 6.47. The number of guanidine groups is 1. The Hall–Kier alpha value is -3.21. The normalized spacial score (nSPS) is 14.1. The maximum atomic E-state index is 12.6. The van der Waals surface area contributed by atoms with Gasteiger partial charge in [0, 0.05) is 42.6 Å². The molecule has 182 valence electrons. The second kappa shape index (κ2) is 11.0. The van der Waals surface area contributed by atoms with Gasteiger partial charge in [-0.25, -0.2) is 9.97 Å². The standard InChI is InChI=1S/C23H23Cl2N7O2S/c1-14-12-15(2)27-21(26-14)29-22(30-23(35)28-18-6-5-16(24)13-17(18)25)32-9-7-31(8-10-32)20(33)19-4-3-11-34-19/h3-6,11-13H,7-10H2,1-2H3,(H2,26,27,28,29,30,35). The number of rotatable bonds is 3. The summed E-state index contributed by atoms with van der Waals surface area (Å²) >= 11 is 17.7. The highest BCUT2D eigenvalue weighted by atomic mass is 35.5. The second-order valence-electron chi connectivity index (χ2n) is 7.85. The predicted octanol–water partition coefficient (Wildman–Crippen LogP) is 4.62. The van der Waals surface area contributed by atoms with Crippen LogP contribution in [0.5, 0.6) is 0 Å². The first kappa shape index (κ1) is 24.9. The zero-order chi connectivity index (χ0) is 24.9. The highest BCUT2D eigenvalue weighted by Gasteiger charge is 2.26. The summed E-state index contributed by atoms with van der Waals surface area (Å²) in [5.41, 5.74) is 2.23. The number of amides is 1. The number of carbonyl (C=O) groups is 1. The lowest BCUT2D eigenvalue weighted by atomic mass is 10.3. The van der Waals surface area contributed by atoms with Gasteiger partial charge >= 0.3 is 0 Å². The monoisotopic (exact) mass is 531 g/mol. The lowest BCUT2D eigenvalue weighted by molar-refractivity contribution is 0.0660. The molecule has 35 heavy (non-hydrogen) atoms. The number of benzene rings is 1. The Balaban J connectivity index is 1.53. The molecular weight excluding hydrogens is 509 g/mol. The van der Waals surface area contributed by atoms with E-state index in [0.717, 1.165) is 11.4 Å². The Kier molecular flexibility index (Phi) is 7.84. The molecule has 1 aliphatic heterocycles. The molecule has 12 heteroatoms. The lowest BCUT2D eigenvalue weighted by Crippen LogP contribution is -2.52. The fourth-order valence-corrected chi connectivity index (χ4v) is 4.22. The molecule has 1 saturated heterocycles. The smallest absolute Gasteiger partial charge is 0.289 e. The largest absolute Gasteiger partial charge is 0.459 e. The van der Waals surface area contributed by atoms with E-state index in [9.17, 15) is 4.79 Å². The highest BCUT2D eigenvalue weighted by molar-refractivity contribution is 7.80. The van der Waals surface area contributed by atoms with E-state index >= 15 is 0 Å². The fraction of sp³-hybridized carbons (Fsp3) is 0.261. The third-order valence-electron chi connectivity index (χ3n) is 5.18. The number of hydrogen-bond acceptors (Lipinski definition) is 5. The average molecular weight is 532 g/mol. The van der Waals surface area contributed by atoms with Crippen LogP contribution in [-0.2, 0) is 0 Å². The van der Waals surface area contributed by atoms with Crippen molar-refractivity contribution in [3.63, 3.8) is 0 Å². The van der Waals surface area contributed by atoms with Crippen molar-refractivity contribution in [2.24, 2.45) is 4.99 Å². The molecule has 0 spiro atoms. The summed E-state index contributed by atoms with van der Waals surface area (Å²) in [6.45, 7) is 5.80. The Labute approximate surface area is 218 Å². The molecule has 1 amide bonds. The van der Waals surface area contributed by atoms with Crippen molar-refractivity contribution in [2.45, 2.75) is 13.8 Å². The number of nitrogens with zero attached hydrogens (tertiary/aromatic N) is 5. The molecule has 0 aliphatic carbocycles. The Morgan fingerprint density at radius 2 is 1.71 bits per heavy atom. The molecule has 1 aromatic carbocycles. The van der Waals surface area contributed by atoms with Gasteiger partial charge in [0.15, 0.2) is 5.76 Å². The Bertz CT molecular complexity index is 1240. The van der Waals surface area contributed by atoms with Crippen LogP contribution in [0.3, 0.4) is 0 Å². The molecule has 0 bridgehead atoms. The number of nitrogens with one attached hydrogen (secondary N) is 2. The van der Waals surface area contributed by atoms with Crippen LogP contribution in [0.2, 0.25) is 10.0 Å². The van der Waals surface area contributed by atoms with Crippen molar-refractivity contribution in [2.75, 3.05) is 36.8 Å². The minimum atomic E-state index is -0.145. The molecule has 0 radical (unpaired) electrons. The molecule has 0 unspecified atom stereocenters. The number of halogens is 2. The van der Waals surface area contributed by atoms with Crippen LogP contribution in [0.15, 0.2) is 52.1 Å². The molecule has 1 aliphatic rings. The first-order valence-electron chi connectivity index (χ1n) is 10.8. The van der Waals surface area contributed by atoms with Crippen molar-refractivity contribution in [3.8, 4) is 0 Å². The quantitative estimate of drug-likeness (QED) is 0.287. The summed E-state index contributed by atoms with van der Waals surface area (Å²) in [5.74, 6) is 1.04. The molecule has 9 nitrogen and oxygen atoms in total. The third-order valence-corrected chi connectivity index (χ3v) is 5.93. The molecule has 4 rings (SSSR count). The summed E-state index contributed by atoms with van der Waals surface area (Å²) in [5, 5.41) is 7.36. The number of carbonyl (C=O) groups excluding carboxylic acids is 1. The minimum absolute atomic E-state index is 0.145. The van der Waals surface area contributed by atoms with Crippen LogP contribution in [0.1, 0.15) is 21.9 Å². The second-order valence-corrected chi connectivity index (χ2v) is 9.08. The van der Waals surface area contributed by atoms with Gasteiger partial charge < -0.3 is 19.5 Å². The number of aryl methyl sites for hydroxylation is 2. The van der Waals surface area contributed by atoms with E-state index in [1.807, 2.05) is 24.8 Å². The van der Waals surface area contributed by atoms with E-state index < -0.39 is 0 Å². The van der Waals surface area contributed by atoms with Crippen LogP contribution in [0.4, 0.5) is 11.6 Å². The van der Waals surface area contributed by atoms with Gasteiger partial charge in [-0.15, -0.1) is 0 Å². The van der Waals surface area contributed by atoms with Crippen LogP contribution >= 0.6 is 35.4 Å². The minimum Gasteiger partial charge on any atom is -0.459 e. The van der Waals surface area contributed by atoms with Crippen LogP contribution < -0.4 is 10.6 Å². The topological polar surface area (TPSA) is 98.9 Å². The maximum Gasteiger partial charge on any atom is 0.289 e. The highest BCUT2D eigenvalue weighted by Crippen LogP contribution is 2.25. The van der Waals surface area contributed by atoms with E-state index in [1.54, 1.807) is 35.2 Å². The van der Waals surface area contributed by atoms with Crippen molar-refractivity contribution >= 4 is 64.0 Å². The van der Waals surface area contributed by atoms with Crippen molar-refractivity contribution < 1.29 is 9.21 Å². The van der Waals surface area contributed by atoms with Gasteiger partial charge in [-0.1, -0.05) is 23.2 Å². The number of hydrogen-bond donors (Lipinski definition) is 2. The molecule has 2 N–H and O–H groups in total. The molecule has 3 aromatic rings. The Morgan fingerprint density at radius 3 is 2.34 bits per heavy atom. The molecule has 3 heterocycles. The van der Waals surface area contributed by atoms with Gasteiger partial charge in [-0.2, -0.15) is 4.99 Å².